The number of aromatic nitrogens is 1. The van der Waals surface area contributed by atoms with Crippen molar-refractivity contribution in [2.45, 2.75) is 20.3 Å². The van der Waals surface area contributed by atoms with E-state index in [1.807, 2.05) is 43.3 Å². The van der Waals surface area contributed by atoms with Crippen molar-refractivity contribution < 1.29 is 9.90 Å². The van der Waals surface area contributed by atoms with Crippen LogP contribution in [0, 0.1) is 13.8 Å². The smallest absolute Gasteiger partial charge is 0.305 e. The van der Waals surface area contributed by atoms with Crippen molar-refractivity contribution in [2.24, 2.45) is 0 Å². The van der Waals surface area contributed by atoms with E-state index in [-0.39, 0.29) is 6.42 Å². The highest BCUT2D eigenvalue weighted by Crippen LogP contribution is 2.19. The molecule has 2 N–H and O–H groups in total. The highest BCUT2D eigenvalue weighted by atomic mass is 32.1. The lowest BCUT2D eigenvalue weighted by Crippen LogP contribution is -2.07. The van der Waals surface area contributed by atoms with Gasteiger partial charge in [-0.3, -0.25) is 4.79 Å². The van der Waals surface area contributed by atoms with Crippen LogP contribution >= 0.6 is 11.3 Å². The van der Waals surface area contributed by atoms with Crippen LogP contribution in [0.15, 0.2) is 24.3 Å². The molecule has 2 rings (SSSR count). The van der Waals surface area contributed by atoms with Crippen LogP contribution in [0.1, 0.15) is 27.6 Å². The van der Waals surface area contributed by atoms with Gasteiger partial charge in [-0.25, -0.2) is 4.98 Å². The molecule has 5 heteroatoms. The number of benzene rings is 1. The van der Waals surface area contributed by atoms with Gasteiger partial charge in [0.05, 0.1) is 12.1 Å². The van der Waals surface area contributed by atoms with E-state index in [9.17, 15) is 4.79 Å². The van der Waals surface area contributed by atoms with Crippen LogP contribution in [-0.2, 0) is 4.79 Å². The van der Waals surface area contributed by atoms with Crippen LogP contribution in [0.5, 0.6) is 0 Å². The van der Waals surface area contributed by atoms with Crippen LogP contribution in [0.4, 0.5) is 5.69 Å². The Balaban J connectivity index is 2.01. The third-order valence-corrected chi connectivity index (χ3v) is 4.06. The summed E-state index contributed by atoms with van der Waals surface area (Å²) in [5, 5.41) is 12.7. The Morgan fingerprint density at radius 2 is 2.19 bits per heavy atom. The fourth-order valence-electron chi connectivity index (χ4n) is 1.80. The maximum absolute atomic E-state index is 10.5. The second-order valence-electron chi connectivity index (χ2n) is 4.72. The lowest BCUT2D eigenvalue weighted by atomic mass is 10.2. The molecule has 2 aromatic rings. The molecule has 0 bridgehead atoms. The summed E-state index contributed by atoms with van der Waals surface area (Å²) >= 11 is 1.68. The van der Waals surface area contributed by atoms with Crippen LogP contribution in [-0.4, -0.2) is 22.6 Å². The van der Waals surface area contributed by atoms with Gasteiger partial charge in [-0.15, -0.1) is 11.3 Å². The Bertz CT molecular complexity index is 643. The first-order valence-electron chi connectivity index (χ1n) is 6.72. The summed E-state index contributed by atoms with van der Waals surface area (Å²) in [6.45, 7) is 4.50. The van der Waals surface area contributed by atoms with Crippen molar-refractivity contribution in [1.29, 1.82) is 0 Å². The molecule has 0 fully saturated rings. The van der Waals surface area contributed by atoms with Crippen molar-refractivity contribution in [3.63, 3.8) is 0 Å². The fourth-order valence-corrected chi connectivity index (χ4v) is 2.63. The summed E-state index contributed by atoms with van der Waals surface area (Å²) in [6, 6.07) is 7.87. The number of nitrogens with zero attached hydrogens (tertiary/aromatic N) is 1. The zero-order valence-corrected chi connectivity index (χ0v) is 12.9. The van der Waals surface area contributed by atoms with Gasteiger partial charge in [-0.05, 0) is 37.6 Å². The summed E-state index contributed by atoms with van der Waals surface area (Å²) in [5.41, 5.74) is 3.05. The maximum atomic E-state index is 10.5. The Hall–Kier alpha value is -2.14. The molecule has 0 saturated carbocycles. The number of hydrogen-bond donors (Lipinski definition) is 2. The van der Waals surface area contributed by atoms with Crippen LogP contribution in [0.25, 0.3) is 12.2 Å². The molecule has 1 aromatic heterocycles. The molecule has 0 amide bonds. The van der Waals surface area contributed by atoms with Gasteiger partial charge in [0.25, 0.3) is 0 Å². The second-order valence-corrected chi connectivity index (χ2v) is 5.96. The molecular weight excluding hydrogens is 284 g/mol. The van der Waals surface area contributed by atoms with Gasteiger partial charge in [0.1, 0.15) is 5.01 Å². The zero-order chi connectivity index (χ0) is 15.2. The van der Waals surface area contributed by atoms with Crippen molar-refractivity contribution >= 4 is 35.1 Å². The number of carboxylic acids is 1. The Kier molecular flexibility index (Phi) is 5.11. The van der Waals surface area contributed by atoms with E-state index in [1.165, 1.54) is 4.88 Å². The summed E-state index contributed by atoms with van der Waals surface area (Å²) in [4.78, 5) is 16.2. The predicted molar refractivity (Wildman–Crippen MR) is 87.7 cm³/mol. The van der Waals surface area contributed by atoms with E-state index in [2.05, 4.69) is 17.2 Å². The zero-order valence-electron chi connectivity index (χ0n) is 12.1. The van der Waals surface area contributed by atoms with E-state index in [1.54, 1.807) is 11.3 Å². The highest BCUT2D eigenvalue weighted by Gasteiger charge is 2.00. The molecule has 0 saturated heterocycles. The van der Waals surface area contributed by atoms with Gasteiger partial charge >= 0.3 is 5.97 Å². The third kappa shape index (κ3) is 4.72. The molecule has 0 unspecified atom stereocenters. The number of thiazole rings is 1. The molecular formula is C16H18N2O2S. The summed E-state index contributed by atoms with van der Waals surface area (Å²) < 4.78 is 0. The molecule has 1 heterocycles. The van der Waals surface area contributed by atoms with Gasteiger partial charge in [-0.2, -0.15) is 0 Å². The number of carbonyl (C=O) groups is 1. The number of hydrogen-bond acceptors (Lipinski definition) is 4. The highest BCUT2D eigenvalue weighted by molar-refractivity contribution is 7.12. The van der Waals surface area contributed by atoms with Crippen LogP contribution in [0.3, 0.4) is 0 Å². The number of nitrogens with one attached hydrogen (secondary N) is 1. The topological polar surface area (TPSA) is 62.2 Å². The average Bonchev–Trinajstić information content (AvgIpc) is 2.76. The quantitative estimate of drug-likeness (QED) is 0.851. The molecule has 0 aliphatic carbocycles. The minimum absolute atomic E-state index is 0.109. The van der Waals surface area contributed by atoms with Crippen molar-refractivity contribution in [1.82, 2.24) is 4.98 Å². The molecule has 0 spiro atoms. The minimum Gasteiger partial charge on any atom is -0.481 e. The minimum atomic E-state index is -0.798. The average molecular weight is 302 g/mol. The Morgan fingerprint density at radius 3 is 2.86 bits per heavy atom. The molecule has 4 nitrogen and oxygen atoms in total. The first-order chi connectivity index (χ1) is 10.0. The largest absolute Gasteiger partial charge is 0.481 e. The molecule has 110 valence electrons. The van der Waals surface area contributed by atoms with Gasteiger partial charge in [0.15, 0.2) is 0 Å². The molecule has 0 radical (unpaired) electrons. The number of anilines is 1. The predicted octanol–water partition coefficient (Wildman–Crippen LogP) is 3.82. The monoisotopic (exact) mass is 302 g/mol. The molecule has 0 aliphatic heterocycles. The van der Waals surface area contributed by atoms with E-state index in [4.69, 9.17) is 5.11 Å². The van der Waals surface area contributed by atoms with Crippen LogP contribution in [0.2, 0.25) is 0 Å². The lowest BCUT2D eigenvalue weighted by Gasteiger charge is -2.05. The summed E-state index contributed by atoms with van der Waals surface area (Å²) in [5.74, 6) is -0.798. The summed E-state index contributed by atoms with van der Waals surface area (Å²) in [6.07, 6.45) is 4.12. The van der Waals surface area contributed by atoms with Gasteiger partial charge in [0, 0.05) is 17.1 Å². The second kappa shape index (κ2) is 7.04. The number of carboxylic acid groups (broad SMARTS) is 1. The van der Waals surface area contributed by atoms with Gasteiger partial charge in [-0.1, -0.05) is 18.2 Å². The lowest BCUT2D eigenvalue weighted by molar-refractivity contribution is -0.136. The number of aryl methyl sites for hydroxylation is 2. The van der Waals surface area contributed by atoms with E-state index < -0.39 is 5.97 Å². The number of rotatable bonds is 6. The molecule has 21 heavy (non-hydrogen) atoms. The maximum Gasteiger partial charge on any atom is 0.305 e. The van der Waals surface area contributed by atoms with Gasteiger partial charge in [0.2, 0.25) is 0 Å². The van der Waals surface area contributed by atoms with Crippen LogP contribution < -0.4 is 5.32 Å². The van der Waals surface area contributed by atoms with E-state index in [0.29, 0.717) is 6.54 Å². The SMILES string of the molecule is Cc1nc(/C=C/c2cccc(NCCC(=O)O)c2)sc1C. The van der Waals surface area contributed by atoms with Crippen molar-refractivity contribution in [3.05, 3.63) is 45.4 Å². The normalized spacial score (nSPS) is 11.0. The van der Waals surface area contributed by atoms with Crippen molar-refractivity contribution in [2.75, 3.05) is 11.9 Å². The number of aliphatic carboxylic acids is 1. The molecule has 1 aromatic carbocycles. The first kappa shape index (κ1) is 15.3. The Labute approximate surface area is 128 Å². The van der Waals surface area contributed by atoms with E-state index in [0.717, 1.165) is 22.0 Å². The first-order valence-corrected chi connectivity index (χ1v) is 7.54. The van der Waals surface area contributed by atoms with Crippen molar-refractivity contribution in [3.8, 4) is 0 Å². The molecule has 0 aliphatic rings. The fraction of sp³-hybridized carbons (Fsp3) is 0.250. The van der Waals surface area contributed by atoms with Gasteiger partial charge < -0.3 is 10.4 Å². The third-order valence-electron chi connectivity index (χ3n) is 3.02. The Morgan fingerprint density at radius 1 is 1.38 bits per heavy atom. The standard InChI is InChI=1S/C16H18N2O2S/c1-11-12(2)21-15(18-11)7-6-13-4-3-5-14(10-13)17-9-8-16(19)20/h3-7,10,17H,8-9H2,1-2H3,(H,19,20)/b7-6+. The molecule has 0 atom stereocenters. The summed E-state index contributed by atoms with van der Waals surface area (Å²) in [7, 11) is 0. The van der Waals surface area contributed by atoms with E-state index >= 15 is 0 Å².